The maximum atomic E-state index is 11.4. The van der Waals surface area contributed by atoms with E-state index in [0.29, 0.717) is 13.1 Å². The molecule has 0 saturated carbocycles. The van der Waals surface area contributed by atoms with Crippen LogP contribution >= 0.6 is 0 Å². The Morgan fingerprint density at radius 1 is 1.71 bits per heavy atom. The lowest BCUT2D eigenvalue weighted by molar-refractivity contribution is -0.165. The van der Waals surface area contributed by atoms with Crippen LogP contribution in [0.3, 0.4) is 0 Å². The highest BCUT2D eigenvalue weighted by atomic mass is 16.5. The molecule has 0 aromatic rings. The lowest BCUT2D eigenvalue weighted by Gasteiger charge is -2.42. The van der Waals surface area contributed by atoms with Crippen molar-refractivity contribution in [3.8, 4) is 0 Å². The van der Waals surface area contributed by atoms with Gasteiger partial charge in [0.05, 0.1) is 24.9 Å². The second kappa shape index (κ2) is 4.25. The molecule has 0 radical (unpaired) electrons. The number of aliphatic hydroxyl groups excluding tert-OH is 1. The van der Waals surface area contributed by atoms with Crippen molar-refractivity contribution in [3.05, 3.63) is 0 Å². The van der Waals surface area contributed by atoms with Gasteiger partial charge in [-0.25, -0.2) is 0 Å². The molecular formula is C9H18N2O3. The molecule has 1 aliphatic rings. The third-order valence-electron chi connectivity index (χ3n) is 2.21. The third kappa shape index (κ3) is 2.67. The Labute approximate surface area is 83.8 Å². The molecule has 1 saturated heterocycles. The highest BCUT2D eigenvalue weighted by Crippen LogP contribution is 2.20. The lowest BCUT2D eigenvalue weighted by atomic mass is 10.1. The minimum Gasteiger partial charge on any atom is -0.394 e. The Bertz CT molecular complexity index is 218. The van der Waals surface area contributed by atoms with Gasteiger partial charge in [0.25, 0.3) is 0 Å². The number of nitrogens with zero attached hydrogens (tertiary/aromatic N) is 1. The summed E-state index contributed by atoms with van der Waals surface area (Å²) in [5.41, 5.74) is 4.88. The Morgan fingerprint density at radius 3 is 2.86 bits per heavy atom. The van der Waals surface area contributed by atoms with Crippen molar-refractivity contribution in [2.75, 3.05) is 26.2 Å². The monoisotopic (exact) mass is 202 g/mol. The Kier molecular flexibility index (Phi) is 3.47. The van der Waals surface area contributed by atoms with E-state index in [0.717, 1.165) is 0 Å². The number of amides is 1. The maximum absolute atomic E-state index is 11.4. The van der Waals surface area contributed by atoms with Gasteiger partial charge in [0.15, 0.2) is 0 Å². The van der Waals surface area contributed by atoms with E-state index in [4.69, 9.17) is 15.6 Å². The van der Waals surface area contributed by atoms with Gasteiger partial charge in [-0.2, -0.15) is 0 Å². The number of morpholine rings is 1. The molecule has 3 N–H and O–H groups in total. The van der Waals surface area contributed by atoms with Gasteiger partial charge in [-0.05, 0) is 13.8 Å². The average Bonchev–Trinajstić information content (AvgIpc) is 2.14. The van der Waals surface area contributed by atoms with E-state index in [1.54, 1.807) is 4.90 Å². The molecule has 1 aliphatic heterocycles. The first-order valence-corrected chi connectivity index (χ1v) is 4.75. The summed E-state index contributed by atoms with van der Waals surface area (Å²) in [6.45, 7) is 4.68. The molecule has 5 heteroatoms. The van der Waals surface area contributed by atoms with Crippen molar-refractivity contribution in [1.29, 1.82) is 0 Å². The first-order valence-electron chi connectivity index (χ1n) is 4.75. The largest absolute Gasteiger partial charge is 0.394 e. The number of hydrogen-bond acceptors (Lipinski definition) is 4. The van der Waals surface area contributed by atoms with E-state index < -0.39 is 5.60 Å². The Hall–Kier alpha value is -0.650. The molecule has 0 aromatic carbocycles. The predicted octanol–water partition coefficient (Wildman–Crippen LogP) is -1.06. The highest BCUT2D eigenvalue weighted by Gasteiger charge is 2.34. The molecule has 0 aliphatic carbocycles. The summed E-state index contributed by atoms with van der Waals surface area (Å²) in [4.78, 5) is 13.0. The van der Waals surface area contributed by atoms with Crippen molar-refractivity contribution < 1.29 is 14.6 Å². The number of nitrogens with two attached hydrogens (primary N) is 1. The SMILES string of the molecule is CC1(C)CN(C(=O)CN)CC(CO)O1. The summed E-state index contributed by atoms with van der Waals surface area (Å²) >= 11 is 0. The molecule has 0 bridgehead atoms. The van der Waals surface area contributed by atoms with Crippen LogP contribution in [0, 0.1) is 0 Å². The Morgan fingerprint density at radius 2 is 2.36 bits per heavy atom. The van der Waals surface area contributed by atoms with Gasteiger partial charge in [0, 0.05) is 13.1 Å². The topological polar surface area (TPSA) is 75.8 Å². The number of carbonyl (C=O) groups excluding carboxylic acids is 1. The number of aliphatic hydroxyl groups is 1. The average molecular weight is 202 g/mol. The van der Waals surface area contributed by atoms with E-state index in [9.17, 15) is 4.79 Å². The zero-order valence-corrected chi connectivity index (χ0v) is 8.69. The molecule has 14 heavy (non-hydrogen) atoms. The van der Waals surface area contributed by atoms with Gasteiger partial charge in [-0.1, -0.05) is 0 Å². The molecule has 82 valence electrons. The fourth-order valence-corrected chi connectivity index (χ4v) is 1.71. The minimum atomic E-state index is -0.406. The molecule has 1 amide bonds. The van der Waals surface area contributed by atoms with Gasteiger partial charge in [-0.15, -0.1) is 0 Å². The number of ether oxygens (including phenoxy) is 1. The van der Waals surface area contributed by atoms with Crippen molar-refractivity contribution in [3.63, 3.8) is 0 Å². The second-order valence-electron chi connectivity index (χ2n) is 4.16. The highest BCUT2D eigenvalue weighted by molar-refractivity contribution is 5.78. The molecular weight excluding hydrogens is 184 g/mol. The zero-order chi connectivity index (χ0) is 10.8. The molecule has 0 spiro atoms. The molecule has 1 heterocycles. The van der Waals surface area contributed by atoms with E-state index in [-0.39, 0.29) is 25.2 Å². The van der Waals surface area contributed by atoms with Crippen LogP contribution in [-0.4, -0.2) is 53.9 Å². The summed E-state index contributed by atoms with van der Waals surface area (Å²) in [6.07, 6.45) is -0.297. The van der Waals surface area contributed by atoms with Gasteiger partial charge < -0.3 is 20.5 Å². The second-order valence-corrected chi connectivity index (χ2v) is 4.16. The number of hydrogen-bond donors (Lipinski definition) is 2. The predicted molar refractivity (Wildman–Crippen MR) is 51.7 cm³/mol. The molecule has 1 fully saturated rings. The van der Waals surface area contributed by atoms with Crippen LogP contribution in [0.15, 0.2) is 0 Å². The smallest absolute Gasteiger partial charge is 0.236 e. The number of rotatable bonds is 2. The van der Waals surface area contributed by atoms with Crippen LogP contribution in [0.2, 0.25) is 0 Å². The van der Waals surface area contributed by atoms with Crippen molar-refractivity contribution in [1.82, 2.24) is 4.90 Å². The summed E-state index contributed by atoms with van der Waals surface area (Å²) in [5, 5.41) is 9.00. The summed E-state index contributed by atoms with van der Waals surface area (Å²) in [5.74, 6) is -0.0974. The van der Waals surface area contributed by atoms with E-state index in [1.165, 1.54) is 0 Å². The van der Waals surface area contributed by atoms with Crippen molar-refractivity contribution in [2.24, 2.45) is 5.73 Å². The maximum Gasteiger partial charge on any atom is 0.236 e. The van der Waals surface area contributed by atoms with Crippen LogP contribution in [0.1, 0.15) is 13.8 Å². The van der Waals surface area contributed by atoms with Gasteiger partial charge in [0.2, 0.25) is 5.91 Å². The van der Waals surface area contributed by atoms with E-state index >= 15 is 0 Å². The van der Waals surface area contributed by atoms with Crippen LogP contribution in [0.4, 0.5) is 0 Å². The first-order chi connectivity index (χ1) is 6.48. The quantitative estimate of drug-likeness (QED) is 0.598. The number of carbonyl (C=O) groups is 1. The summed E-state index contributed by atoms with van der Waals surface area (Å²) in [7, 11) is 0. The summed E-state index contributed by atoms with van der Waals surface area (Å²) < 4.78 is 5.56. The normalized spacial score (nSPS) is 26.3. The third-order valence-corrected chi connectivity index (χ3v) is 2.21. The zero-order valence-electron chi connectivity index (χ0n) is 8.69. The van der Waals surface area contributed by atoms with E-state index in [1.807, 2.05) is 13.8 Å². The molecule has 5 nitrogen and oxygen atoms in total. The van der Waals surface area contributed by atoms with E-state index in [2.05, 4.69) is 0 Å². The van der Waals surface area contributed by atoms with Crippen molar-refractivity contribution >= 4 is 5.91 Å². The van der Waals surface area contributed by atoms with Crippen LogP contribution < -0.4 is 5.73 Å². The fourth-order valence-electron chi connectivity index (χ4n) is 1.71. The molecule has 1 rings (SSSR count). The van der Waals surface area contributed by atoms with Crippen LogP contribution in [0.25, 0.3) is 0 Å². The Balaban J connectivity index is 2.65. The lowest BCUT2D eigenvalue weighted by Crippen LogP contribution is -2.56. The molecule has 1 unspecified atom stereocenters. The van der Waals surface area contributed by atoms with Gasteiger partial charge >= 0.3 is 0 Å². The first kappa shape index (κ1) is 11.4. The van der Waals surface area contributed by atoms with Crippen molar-refractivity contribution in [2.45, 2.75) is 25.6 Å². The molecule has 1 atom stereocenters. The standard InChI is InChI=1S/C9H18N2O3/c1-9(2)6-11(8(13)3-10)4-7(5-12)14-9/h7,12H,3-6,10H2,1-2H3. The molecule has 0 aromatic heterocycles. The van der Waals surface area contributed by atoms with Gasteiger partial charge in [0.1, 0.15) is 0 Å². The summed E-state index contributed by atoms with van der Waals surface area (Å²) in [6, 6.07) is 0. The van der Waals surface area contributed by atoms with Crippen LogP contribution in [0.5, 0.6) is 0 Å². The minimum absolute atomic E-state index is 0.00816. The van der Waals surface area contributed by atoms with Gasteiger partial charge in [-0.3, -0.25) is 4.79 Å². The van der Waals surface area contributed by atoms with Crippen LogP contribution in [-0.2, 0) is 9.53 Å². The fraction of sp³-hybridized carbons (Fsp3) is 0.889.